The zero-order chi connectivity index (χ0) is 103. The lowest BCUT2D eigenvalue weighted by molar-refractivity contribution is -0.118. The van der Waals surface area contributed by atoms with Gasteiger partial charge in [-0.2, -0.15) is 0 Å². The van der Waals surface area contributed by atoms with Gasteiger partial charge in [0.15, 0.2) is 0 Å². The van der Waals surface area contributed by atoms with Gasteiger partial charge in [-0.3, -0.25) is 14.7 Å². The minimum absolute atomic E-state index is 0.0177. The van der Waals surface area contributed by atoms with E-state index in [1.807, 2.05) is 0 Å². The molecule has 27 atom stereocenters. The normalized spacial score (nSPS) is 45.8. The van der Waals surface area contributed by atoms with E-state index in [2.05, 4.69) is 139 Å². The zero-order valence-electron chi connectivity index (χ0n) is 94.6. The van der Waals surface area contributed by atoms with Crippen LogP contribution in [-0.4, -0.2) is 243 Å². The second kappa shape index (κ2) is 49.8. The summed E-state index contributed by atoms with van der Waals surface area (Å²) in [7, 11) is 0. The summed E-state index contributed by atoms with van der Waals surface area (Å²) in [6, 6.07) is 5.16. The Morgan fingerprint density at radius 1 is 0.175 bits per heavy atom. The van der Waals surface area contributed by atoms with Crippen LogP contribution in [-0.2, 0) is 4.74 Å². The van der Waals surface area contributed by atoms with Crippen molar-refractivity contribution >= 4 is 0 Å². The summed E-state index contributed by atoms with van der Waals surface area (Å²) in [5.74, 6) is 7.66. The van der Waals surface area contributed by atoms with E-state index in [0.29, 0.717) is 156 Å². The van der Waals surface area contributed by atoms with Crippen LogP contribution in [0.4, 0.5) is 0 Å². The van der Waals surface area contributed by atoms with Crippen LogP contribution in [0.3, 0.4) is 0 Å². The topological polar surface area (TPSA) is 302 Å². The maximum absolute atomic E-state index is 13.6. The summed E-state index contributed by atoms with van der Waals surface area (Å²) in [5.41, 5.74) is 0.0595. The summed E-state index contributed by atoms with van der Waals surface area (Å²) < 4.78 is 7.26. The second-order valence-corrected chi connectivity index (χ2v) is 58.9. The predicted molar refractivity (Wildman–Crippen MR) is 577 cm³/mol. The monoisotopic (exact) mass is 2010 g/mol. The van der Waals surface area contributed by atoms with Gasteiger partial charge in [0.1, 0.15) is 0 Å². The third-order valence-electron chi connectivity index (χ3n) is 50.3. The standard InChI is InChI=1S/C125H225N3O15/c1-75-19-34-111(49-78(75)4)126(107-41-26-95(27-42-107)122(11,12)101-56-84(66-130)116(139)85(57-101)67-131)105-37-22-93(23-38-105)120(7,8)99-53-81(114(137)83(55-99)65-129)52-82-54-100(121(9,10)94-24-39-106(40-25-94)127(112-35-20-76(2)79(5)50-112)108-43-28-96(29-44-108)123(13,14)102-58-86(68-132)117(140)87(59-102)69-133)63-91(115(82)138)73-143-74-92-64-104(62-90(72-136)119(92)142)125(17,18)98-32-47-110(48-33-98)128(113-36-21-77(3)80(6)51-113)109-45-30-97(31-46-109)124(15,16)103-60-88(70-134)118(141)89(61-103)71-135/h75-119,129-142H,19-74H2,1-18H3. The molecule has 15 aliphatic rings. The van der Waals surface area contributed by atoms with Crippen molar-refractivity contribution in [3.63, 3.8) is 0 Å². The number of aliphatic hydroxyl groups excluding tert-OH is 14. The molecule has 0 bridgehead atoms. The van der Waals surface area contributed by atoms with Crippen molar-refractivity contribution in [2.45, 2.75) is 511 Å². The van der Waals surface area contributed by atoms with Crippen molar-refractivity contribution < 1.29 is 76.2 Å². The summed E-state index contributed by atoms with van der Waals surface area (Å²) in [6.07, 6.45) is 47.4. The molecule has 0 heterocycles. The molecule has 0 aromatic rings. The summed E-state index contributed by atoms with van der Waals surface area (Å²) in [6.45, 7) is 45.8. The molecule has 0 aromatic carbocycles. The molecule has 830 valence electrons. The molecule has 27 unspecified atom stereocenters. The predicted octanol–water partition coefficient (Wildman–Crippen LogP) is 21.2. The average Bonchev–Trinajstić information content (AvgIpc) is 0.688. The molecule has 18 heteroatoms. The molecule has 0 spiro atoms. The first kappa shape index (κ1) is 116. The van der Waals surface area contributed by atoms with Crippen LogP contribution in [0.25, 0.3) is 0 Å². The number of aliphatic hydroxyl groups is 14. The number of ether oxygens (including phenoxy) is 1. The van der Waals surface area contributed by atoms with Gasteiger partial charge >= 0.3 is 0 Å². The highest BCUT2D eigenvalue weighted by Gasteiger charge is 2.58. The fourth-order valence-electron chi connectivity index (χ4n) is 38.4. The maximum Gasteiger partial charge on any atom is 0.0640 e. The quantitative estimate of drug-likeness (QED) is 0.0280. The van der Waals surface area contributed by atoms with Crippen LogP contribution in [0.2, 0.25) is 0 Å². The van der Waals surface area contributed by atoms with Crippen molar-refractivity contribution in [1.82, 2.24) is 14.7 Å². The van der Waals surface area contributed by atoms with E-state index < -0.39 is 36.6 Å². The molecule has 0 aromatic heterocycles. The molecule has 14 N–H and O–H groups in total. The Kier molecular flexibility index (Phi) is 40.5. The first-order valence-corrected chi connectivity index (χ1v) is 61.8. The van der Waals surface area contributed by atoms with E-state index in [1.54, 1.807) is 0 Å². The molecule has 15 saturated carbocycles. The lowest BCUT2D eigenvalue weighted by Crippen LogP contribution is -2.55. The van der Waals surface area contributed by atoms with Crippen molar-refractivity contribution in [2.75, 3.05) is 66.1 Å². The number of nitrogens with zero attached hydrogens (tertiary/aromatic N) is 3. The Bertz CT molecular complexity index is 3720. The molecule has 15 fully saturated rings. The number of rotatable bonds is 35. The van der Waals surface area contributed by atoms with E-state index in [0.717, 1.165) is 101 Å². The van der Waals surface area contributed by atoms with Crippen molar-refractivity contribution in [1.29, 1.82) is 0 Å². The Morgan fingerprint density at radius 3 is 0.497 bits per heavy atom. The van der Waals surface area contributed by atoms with Gasteiger partial charge in [-0.1, -0.05) is 125 Å². The highest BCUT2D eigenvalue weighted by Crippen LogP contribution is 2.62. The largest absolute Gasteiger partial charge is 0.396 e. The third-order valence-corrected chi connectivity index (χ3v) is 50.3. The van der Waals surface area contributed by atoms with E-state index in [1.165, 1.54) is 212 Å². The Labute approximate surface area is 872 Å². The minimum Gasteiger partial charge on any atom is -0.396 e. The van der Waals surface area contributed by atoms with Gasteiger partial charge in [0.05, 0.1) is 49.8 Å². The molecule has 15 aliphatic carbocycles. The minimum atomic E-state index is -0.685. The van der Waals surface area contributed by atoms with Gasteiger partial charge in [-0.15, -0.1) is 0 Å². The smallest absolute Gasteiger partial charge is 0.0640 e. The van der Waals surface area contributed by atoms with Crippen LogP contribution < -0.4 is 0 Å². The third kappa shape index (κ3) is 25.4. The van der Waals surface area contributed by atoms with Crippen LogP contribution in [0.15, 0.2) is 0 Å². The molecule has 0 aliphatic heterocycles. The maximum atomic E-state index is 13.6. The van der Waals surface area contributed by atoms with E-state index >= 15 is 0 Å². The highest BCUT2D eigenvalue weighted by molar-refractivity contribution is 5.09. The lowest BCUT2D eigenvalue weighted by Gasteiger charge is -2.55. The molecule has 15 rings (SSSR count). The SMILES string of the molecule is CC1CCC(N(C2CCC(C(C)(C)C3CC(CO)C(O)C(CO)C3)CC2)C2CCC(C(C)(C)C3CC(CO)C(O)C(COCC4CC(C(C)(C)C5CCC(N(C6CCC(C(C)(C)C7CC(CO)C(O)C(CO)C7)CC6)C6CCC(C)C(C)C6)CC5)CC(CC5CC(C(C)(C)C6CCC(N(C7CCC(C(C)(C)C8CC(CO)C(O)C(CO)C8)CC7)C7CCC(C)C(C)C7)CC6)CC(CO)C5O)C4O)C3)CC2)CC1C. The summed E-state index contributed by atoms with van der Waals surface area (Å²) >= 11 is 0. The summed E-state index contributed by atoms with van der Waals surface area (Å²) in [4.78, 5) is 9.42. The van der Waals surface area contributed by atoms with Gasteiger partial charge in [-0.25, -0.2) is 0 Å². The molecule has 18 nitrogen and oxygen atoms in total. The molecule has 0 saturated heterocycles. The van der Waals surface area contributed by atoms with Crippen LogP contribution >= 0.6 is 0 Å². The van der Waals surface area contributed by atoms with Gasteiger partial charge < -0.3 is 76.2 Å². The Hall–Kier alpha value is -0.720. The second-order valence-electron chi connectivity index (χ2n) is 58.9. The highest BCUT2D eigenvalue weighted by atomic mass is 16.5. The molecular formula is C125H225N3O15. The molecular weight excluding hydrogens is 1780 g/mol. The van der Waals surface area contributed by atoms with Crippen molar-refractivity contribution in [3.05, 3.63) is 0 Å². The van der Waals surface area contributed by atoms with E-state index in [-0.39, 0.29) is 156 Å². The number of hydrogen-bond acceptors (Lipinski definition) is 18. The van der Waals surface area contributed by atoms with Crippen molar-refractivity contribution in [2.24, 2.45) is 210 Å². The first-order chi connectivity index (χ1) is 67.9. The lowest BCUT2D eigenvalue weighted by atomic mass is 9.54. The first-order valence-electron chi connectivity index (χ1n) is 61.8. The summed E-state index contributed by atoms with van der Waals surface area (Å²) in [5, 5.41) is 158. The van der Waals surface area contributed by atoms with Crippen LogP contribution in [0.1, 0.15) is 420 Å². The average molecular weight is 2010 g/mol. The van der Waals surface area contributed by atoms with Gasteiger partial charge in [-0.05, 0) is 446 Å². The van der Waals surface area contributed by atoms with Gasteiger partial charge in [0.2, 0.25) is 0 Å². The zero-order valence-corrected chi connectivity index (χ0v) is 94.6. The van der Waals surface area contributed by atoms with Gasteiger partial charge in [0.25, 0.3) is 0 Å². The van der Waals surface area contributed by atoms with Crippen LogP contribution in [0.5, 0.6) is 0 Å². The molecule has 0 amide bonds. The van der Waals surface area contributed by atoms with Gasteiger partial charge in [0, 0.05) is 166 Å². The Balaban J connectivity index is 0.632. The number of hydrogen-bond donors (Lipinski definition) is 14. The van der Waals surface area contributed by atoms with E-state index in [4.69, 9.17) is 4.74 Å². The molecule has 143 heavy (non-hydrogen) atoms. The van der Waals surface area contributed by atoms with E-state index in [9.17, 15) is 71.5 Å². The fraction of sp³-hybridized carbons (Fsp3) is 1.00. The molecule has 0 radical (unpaired) electrons. The van der Waals surface area contributed by atoms with Crippen LogP contribution in [0, 0.1) is 210 Å². The Morgan fingerprint density at radius 2 is 0.322 bits per heavy atom. The van der Waals surface area contributed by atoms with Crippen molar-refractivity contribution in [3.8, 4) is 0 Å². The fourth-order valence-corrected chi connectivity index (χ4v) is 38.4.